The van der Waals surface area contributed by atoms with Crippen molar-refractivity contribution in [1.29, 1.82) is 0 Å². The van der Waals surface area contributed by atoms with Gasteiger partial charge in [0.25, 0.3) is 0 Å². The molecule has 0 aliphatic rings. The minimum Gasteiger partial charge on any atom is -0.365 e. The zero-order chi connectivity index (χ0) is 13.0. The lowest BCUT2D eigenvalue weighted by atomic mass is 10.1. The molecule has 0 radical (unpaired) electrons. The normalized spacial score (nSPS) is 12.2. The summed E-state index contributed by atoms with van der Waals surface area (Å²) < 4.78 is 0. The van der Waals surface area contributed by atoms with Crippen molar-refractivity contribution >= 4 is 17.3 Å². The van der Waals surface area contributed by atoms with E-state index in [0.717, 1.165) is 11.6 Å². The molecule has 0 heterocycles. The second kappa shape index (κ2) is 5.92. The fourth-order valence-electron chi connectivity index (χ4n) is 2.25. The molecule has 0 aliphatic carbocycles. The molecule has 18 heavy (non-hydrogen) atoms. The minimum absolute atomic E-state index is 0.342. The van der Waals surface area contributed by atoms with Crippen LogP contribution in [0.4, 0.5) is 5.69 Å². The van der Waals surface area contributed by atoms with Crippen molar-refractivity contribution in [1.82, 2.24) is 0 Å². The van der Waals surface area contributed by atoms with Gasteiger partial charge in [-0.05, 0) is 37.6 Å². The lowest BCUT2D eigenvalue weighted by molar-refractivity contribution is 0.690. The van der Waals surface area contributed by atoms with E-state index in [1.54, 1.807) is 0 Å². The quantitative estimate of drug-likeness (QED) is 0.753. The molecule has 0 spiro atoms. The molecule has 1 unspecified atom stereocenters. The Bertz CT molecular complexity index is 495. The van der Waals surface area contributed by atoms with Crippen LogP contribution in [0.3, 0.4) is 0 Å². The van der Waals surface area contributed by atoms with Crippen LogP contribution >= 0.6 is 11.6 Å². The van der Waals surface area contributed by atoms with E-state index in [0.29, 0.717) is 6.04 Å². The maximum absolute atomic E-state index is 6.07. The zero-order valence-corrected chi connectivity index (χ0v) is 11.6. The predicted molar refractivity (Wildman–Crippen MR) is 79.3 cm³/mol. The number of halogens is 1. The molecule has 0 N–H and O–H groups in total. The topological polar surface area (TPSA) is 3.24 Å². The number of hydrogen-bond acceptors (Lipinski definition) is 1. The van der Waals surface area contributed by atoms with E-state index in [-0.39, 0.29) is 0 Å². The van der Waals surface area contributed by atoms with Crippen LogP contribution in [0.25, 0.3) is 0 Å². The standard InChI is InChI=1S/C16H18ClN/c1-3-18(16-11-7-10-15(17)12-16)13(2)14-8-5-4-6-9-14/h4-13H,3H2,1-2H3. The van der Waals surface area contributed by atoms with Gasteiger partial charge in [0.2, 0.25) is 0 Å². The van der Waals surface area contributed by atoms with Crippen molar-refractivity contribution in [2.75, 3.05) is 11.4 Å². The molecule has 1 atom stereocenters. The van der Waals surface area contributed by atoms with Crippen molar-refractivity contribution in [2.45, 2.75) is 19.9 Å². The highest BCUT2D eigenvalue weighted by Gasteiger charge is 2.14. The van der Waals surface area contributed by atoms with E-state index < -0.39 is 0 Å². The van der Waals surface area contributed by atoms with Crippen molar-refractivity contribution < 1.29 is 0 Å². The van der Waals surface area contributed by atoms with Gasteiger partial charge in [-0.1, -0.05) is 48.0 Å². The number of rotatable bonds is 4. The zero-order valence-electron chi connectivity index (χ0n) is 10.8. The molecule has 0 amide bonds. The summed E-state index contributed by atoms with van der Waals surface area (Å²) in [6.45, 7) is 5.34. The molecule has 0 fully saturated rings. The van der Waals surface area contributed by atoms with Crippen molar-refractivity contribution in [2.24, 2.45) is 0 Å². The third-order valence-electron chi connectivity index (χ3n) is 3.23. The molecule has 2 rings (SSSR count). The summed E-state index contributed by atoms with van der Waals surface area (Å²) in [4.78, 5) is 2.35. The van der Waals surface area contributed by atoms with Crippen LogP contribution in [0.1, 0.15) is 25.5 Å². The summed E-state index contributed by atoms with van der Waals surface area (Å²) in [5.41, 5.74) is 2.49. The Kier molecular flexibility index (Phi) is 4.27. The smallest absolute Gasteiger partial charge is 0.0514 e. The average molecular weight is 260 g/mol. The highest BCUT2D eigenvalue weighted by molar-refractivity contribution is 6.30. The first-order valence-electron chi connectivity index (χ1n) is 6.29. The summed E-state index contributed by atoms with van der Waals surface area (Å²) in [6, 6.07) is 18.9. The molecule has 2 aromatic rings. The minimum atomic E-state index is 0.342. The average Bonchev–Trinajstić information content (AvgIpc) is 2.40. The molecule has 0 saturated carbocycles. The molecule has 1 nitrogen and oxygen atoms in total. The fourth-order valence-corrected chi connectivity index (χ4v) is 2.43. The van der Waals surface area contributed by atoms with Crippen LogP contribution in [0.2, 0.25) is 5.02 Å². The summed E-state index contributed by atoms with van der Waals surface area (Å²) in [7, 11) is 0. The van der Waals surface area contributed by atoms with Crippen LogP contribution in [-0.2, 0) is 0 Å². The molecule has 0 aromatic heterocycles. The van der Waals surface area contributed by atoms with Gasteiger partial charge in [0.05, 0.1) is 6.04 Å². The lowest BCUT2D eigenvalue weighted by Gasteiger charge is -2.30. The molecule has 94 valence electrons. The van der Waals surface area contributed by atoms with Gasteiger partial charge in [-0.3, -0.25) is 0 Å². The second-order valence-corrected chi connectivity index (χ2v) is 4.79. The Morgan fingerprint density at radius 3 is 2.39 bits per heavy atom. The largest absolute Gasteiger partial charge is 0.365 e. The molecule has 0 aliphatic heterocycles. The van der Waals surface area contributed by atoms with Crippen molar-refractivity contribution in [3.05, 3.63) is 65.2 Å². The highest BCUT2D eigenvalue weighted by atomic mass is 35.5. The maximum Gasteiger partial charge on any atom is 0.0514 e. The van der Waals surface area contributed by atoms with E-state index in [9.17, 15) is 0 Å². The van der Waals surface area contributed by atoms with Crippen molar-refractivity contribution in [3.63, 3.8) is 0 Å². The SMILES string of the molecule is CCN(c1cccc(Cl)c1)C(C)c1ccccc1. The van der Waals surface area contributed by atoms with Crippen LogP contribution < -0.4 is 4.90 Å². The van der Waals surface area contributed by atoms with Gasteiger partial charge < -0.3 is 4.90 Å². The molecule has 2 aromatic carbocycles. The first kappa shape index (κ1) is 13.0. The summed E-state index contributed by atoms with van der Waals surface area (Å²) in [5, 5.41) is 0.784. The van der Waals surface area contributed by atoms with E-state index in [2.05, 4.69) is 49.1 Å². The van der Waals surface area contributed by atoms with E-state index in [1.807, 2.05) is 24.3 Å². The first-order valence-corrected chi connectivity index (χ1v) is 6.67. The third-order valence-corrected chi connectivity index (χ3v) is 3.47. The maximum atomic E-state index is 6.07. The van der Waals surface area contributed by atoms with Crippen molar-refractivity contribution in [3.8, 4) is 0 Å². The summed E-state index contributed by atoms with van der Waals surface area (Å²) >= 11 is 6.07. The third kappa shape index (κ3) is 2.85. The van der Waals surface area contributed by atoms with Gasteiger partial charge in [0.1, 0.15) is 0 Å². The number of hydrogen-bond donors (Lipinski definition) is 0. The Morgan fingerprint density at radius 2 is 1.78 bits per heavy atom. The second-order valence-electron chi connectivity index (χ2n) is 4.35. The summed E-state index contributed by atoms with van der Waals surface area (Å²) in [6.07, 6.45) is 0. The Hall–Kier alpha value is -1.47. The molecule has 0 saturated heterocycles. The Labute approximate surface area is 114 Å². The van der Waals surface area contributed by atoms with Crippen LogP contribution in [0, 0.1) is 0 Å². The Morgan fingerprint density at radius 1 is 1.06 bits per heavy atom. The first-order chi connectivity index (χ1) is 8.72. The molecule has 0 bridgehead atoms. The predicted octanol–water partition coefficient (Wildman–Crippen LogP) is 4.93. The Balaban J connectivity index is 2.29. The van der Waals surface area contributed by atoms with Gasteiger partial charge >= 0.3 is 0 Å². The van der Waals surface area contributed by atoms with Crippen LogP contribution in [0.5, 0.6) is 0 Å². The van der Waals surface area contributed by atoms with Gasteiger partial charge in [0, 0.05) is 17.3 Å². The summed E-state index contributed by atoms with van der Waals surface area (Å²) in [5.74, 6) is 0. The molecular weight excluding hydrogens is 242 g/mol. The van der Waals surface area contributed by atoms with Gasteiger partial charge in [-0.25, -0.2) is 0 Å². The number of anilines is 1. The van der Waals surface area contributed by atoms with Gasteiger partial charge in [-0.15, -0.1) is 0 Å². The highest BCUT2D eigenvalue weighted by Crippen LogP contribution is 2.28. The molecule has 2 heteroatoms. The number of nitrogens with zero attached hydrogens (tertiary/aromatic N) is 1. The van der Waals surface area contributed by atoms with Crippen LogP contribution in [0.15, 0.2) is 54.6 Å². The lowest BCUT2D eigenvalue weighted by Crippen LogP contribution is -2.26. The fraction of sp³-hybridized carbons (Fsp3) is 0.250. The van der Waals surface area contributed by atoms with Gasteiger partial charge in [-0.2, -0.15) is 0 Å². The van der Waals surface area contributed by atoms with Gasteiger partial charge in [0.15, 0.2) is 0 Å². The van der Waals surface area contributed by atoms with Crippen LogP contribution in [-0.4, -0.2) is 6.54 Å². The van der Waals surface area contributed by atoms with E-state index in [4.69, 9.17) is 11.6 Å². The monoisotopic (exact) mass is 259 g/mol. The number of benzene rings is 2. The molecular formula is C16H18ClN. The van der Waals surface area contributed by atoms with E-state index >= 15 is 0 Å². The van der Waals surface area contributed by atoms with E-state index in [1.165, 1.54) is 11.3 Å².